The van der Waals surface area contributed by atoms with Crippen molar-refractivity contribution in [3.8, 4) is 0 Å². The molecule has 0 aliphatic rings. The summed E-state index contributed by atoms with van der Waals surface area (Å²) in [5, 5.41) is 2.84. The fraction of sp³-hybridized carbons (Fsp3) is 0.846. The number of ether oxygens (including phenoxy) is 2. The van der Waals surface area contributed by atoms with E-state index in [9.17, 15) is 9.59 Å². The van der Waals surface area contributed by atoms with Crippen molar-refractivity contribution in [3.05, 3.63) is 0 Å². The van der Waals surface area contributed by atoms with Crippen LogP contribution in [0.5, 0.6) is 0 Å². The average Bonchev–Trinajstić information content (AvgIpc) is 2.34. The number of amides is 1. The molecule has 0 aromatic rings. The molecule has 19 heavy (non-hydrogen) atoms. The molecule has 0 aromatic carbocycles. The second kappa shape index (κ2) is 10.2. The quantitative estimate of drug-likeness (QED) is 0.655. The minimum absolute atomic E-state index is 0.0354. The van der Waals surface area contributed by atoms with Crippen LogP contribution in [0.3, 0.4) is 0 Å². The Bertz CT molecular complexity index is 280. The van der Waals surface area contributed by atoms with Crippen molar-refractivity contribution >= 4 is 22.8 Å². The summed E-state index contributed by atoms with van der Waals surface area (Å²) < 4.78 is 10.0. The molecule has 0 aliphatic carbocycles. The fourth-order valence-electron chi connectivity index (χ4n) is 1.63. The van der Waals surface area contributed by atoms with Gasteiger partial charge in [-0.3, -0.25) is 9.59 Å². The lowest BCUT2D eigenvalue weighted by Crippen LogP contribution is -2.39. The van der Waals surface area contributed by atoms with Crippen molar-refractivity contribution in [2.75, 3.05) is 26.5 Å². The van der Waals surface area contributed by atoms with Crippen LogP contribution in [-0.2, 0) is 19.1 Å². The van der Waals surface area contributed by atoms with Gasteiger partial charge in [-0.25, -0.2) is 0 Å². The van der Waals surface area contributed by atoms with Gasteiger partial charge in [0.1, 0.15) is 0 Å². The summed E-state index contributed by atoms with van der Waals surface area (Å²) in [5.41, 5.74) is 0. The van der Waals surface area contributed by atoms with E-state index >= 15 is 0 Å². The van der Waals surface area contributed by atoms with Crippen molar-refractivity contribution in [1.29, 1.82) is 0 Å². The highest BCUT2D eigenvalue weighted by Gasteiger charge is 2.21. The van der Waals surface area contributed by atoms with Gasteiger partial charge in [0.25, 0.3) is 0 Å². The van der Waals surface area contributed by atoms with Crippen LogP contribution >= 0.6 is 11.8 Å². The molecule has 0 spiro atoms. The lowest BCUT2D eigenvalue weighted by atomic mass is 9.98. The maximum absolute atomic E-state index is 12.1. The molecule has 112 valence electrons. The summed E-state index contributed by atoms with van der Waals surface area (Å²) in [6, 6.07) is 0. The molecule has 0 saturated heterocycles. The summed E-state index contributed by atoms with van der Waals surface area (Å²) in [7, 11) is 3.05. The summed E-state index contributed by atoms with van der Waals surface area (Å²) in [5.74, 6) is 0.707. The Balaban J connectivity index is 4.32. The van der Waals surface area contributed by atoms with E-state index in [0.29, 0.717) is 18.2 Å². The predicted octanol–water partition coefficient (Wildman–Crippen LogP) is 1.66. The Morgan fingerprint density at radius 1 is 1.21 bits per heavy atom. The number of hydrogen-bond acceptors (Lipinski definition) is 5. The Kier molecular flexibility index (Phi) is 9.91. The standard InChI is InChI=1S/C13H25NO4S/c1-9(2)6-11(8-19-10(3)15)13(16)14-7-12(17-4)18-5/h9,11-12H,6-8H2,1-5H3,(H,14,16). The lowest BCUT2D eigenvalue weighted by molar-refractivity contribution is -0.130. The molecule has 0 aliphatic heterocycles. The van der Waals surface area contributed by atoms with Gasteiger partial charge in [0.15, 0.2) is 11.4 Å². The molecule has 6 heteroatoms. The highest BCUT2D eigenvalue weighted by atomic mass is 32.2. The van der Waals surface area contributed by atoms with Crippen LogP contribution in [0.1, 0.15) is 27.2 Å². The minimum atomic E-state index is -0.441. The van der Waals surface area contributed by atoms with Crippen molar-refractivity contribution in [2.45, 2.75) is 33.5 Å². The van der Waals surface area contributed by atoms with Gasteiger partial charge in [-0.1, -0.05) is 25.6 Å². The molecular weight excluding hydrogens is 266 g/mol. The van der Waals surface area contributed by atoms with E-state index in [-0.39, 0.29) is 16.9 Å². The van der Waals surface area contributed by atoms with Gasteiger partial charge in [-0.2, -0.15) is 0 Å². The maximum Gasteiger partial charge on any atom is 0.224 e. The maximum atomic E-state index is 12.1. The van der Waals surface area contributed by atoms with Crippen LogP contribution in [0, 0.1) is 11.8 Å². The lowest BCUT2D eigenvalue weighted by Gasteiger charge is -2.20. The van der Waals surface area contributed by atoms with Crippen LogP contribution in [0.2, 0.25) is 0 Å². The molecule has 1 N–H and O–H groups in total. The molecule has 0 rings (SSSR count). The van der Waals surface area contributed by atoms with Crippen molar-refractivity contribution in [3.63, 3.8) is 0 Å². The number of nitrogens with one attached hydrogen (secondary N) is 1. The monoisotopic (exact) mass is 291 g/mol. The molecule has 1 unspecified atom stereocenters. The van der Waals surface area contributed by atoms with Gasteiger partial charge in [0.2, 0.25) is 5.91 Å². The summed E-state index contributed by atoms with van der Waals surface area (Å²) in [6.07, 6.45) is 0.320. The zero-order valence-corrected chi connectivity index (χ0v) is 13.2. The van der Waals surface area contributed by atoms with E-state index < -0.39 is 6.29 Å². The van der Waals surface area contributed by atoms with Crippen LogP contribution < -0.4 is 5.32 Å². The first-order valence-electron chi connectivity index (χ1n) is 6.37. The van der Waals surface area contributed by atoms with E-state index in [0.717, 1.165) is 6.42 Å². The first kappa shape index (κ1) is 18.4. The number of rotatable bonds is 9. The SMILES string of the molecule is COC(CNC(=O)C(CSC(C)=O)CC(C)C)OC. The second-order valence-electron chi connectivity index (χ2n) is 4.78. The molecule has 0 saturated carbocycles. The molecule has 5 nitrogen and oxygen atoms in total. The van der Waals surface area contributed by atoms with Crippen molar-refractivity contribution < 1.29 is 19.1 Å². The molecule has 1 atom stereocenters. The van der Waals surface area contributed by atoms with E-state index in [2.05, 4.69) is 19.2 Å². The van der Waals surface area contributed by atoms with Crippen LogP contribution in [0.4, 0.5) is 0 Å². The molecule has 0 fully saturated rings. The second-order valence-corrected chi connectivity index (χ2v) is 5.97. The third kappa shape index (κ3) is 9.02. The van der Waals surface area contributed by atoms with Crippen LogP contribution in [0.15, 0.2) is 0 Å². The van der Waals surface area contributed by atoms with Gasteiger partial charge >= 0.3 is 0 Å². The van der Waals surface area contributed by atoms with Crippen molar-refractivity contribution in [2.24, 2.45) is 11.8 Å². The Hall–Kier alpha value is -0.590. The molecule has 1 amide bonds. The van der Waals surface area contributed by atoms with Gasteiger partial charge in [0, 0.05) is 32.8 Å². The van der Waals surface area contributed by atoms with E-state index in [1.54, 1.807) is 0 Å². The average molecular weight is 291 g/mol. The summed E-state index contributed by atoms with van der Waals surface area (Å²) in [6.45, 7) is 5.95. The highest BCUT2D eigenvalue weighted by Crippen LogP contribution is 2.18. The first-order valence-corrected chi connectivity index (χ1v) is 7.35. The molecule has 0 radical (unpaired) electrons. The van der Waals surface area contributed by atoms with Gasteiger partial charge < -0.3 is 14.8 Å². The number of methoxy groups -OCH3 is 2. The van der Waals surface area contributed by atoms with Crippen LogP contribution in [-0.4, -0.2) is 43.8 Å². The Morgan fingerprint density at radius 2 is 1.79 bits per heavy atom. The molecular formula is C13H25NO4S. The van der Waals surface area contributed by atoms with E-state index in [1.165, 1.54) is 32.9 Å². The minimum Gasteiger partial charge on any atom is -0.354 e. The van der Waals surface area contributed by atoms with Gasteiger partial charge in [0.05, 0.1) is 6.54 Å². The van der Waals surface area contributed by atoms with E-state index in [4.69, 9.17) is 9.47 Å². The summed E-state index contributed by atoms with van der Waals surface area (Å²) in [4.78, 5) is 23.1. The highest BCUT2D eigenvalue weighted by molar-refractivity contribution is 8.13. The van der Waals surface area contributed by atoms with E-state index in [1.807, 2.05) is 0 Å². The summed E-state index contributed by atoms with van der Waals surface area (Å²) >= 11 is 1.19. The molecule has 0 bridgehead atoms. The smallest absolute Gasteiger partial charge is 0.224 e. The zero-order valence-electron chi connectivity index (χ0n) is 12.4. The molecule has 0 heterocycles. The third-order valence-electron chi connectivity index (χ3n) is 2.58. The topological polar surface area (TPSA) is 64.6 Å². The largest absolute Gasteiger partial charge is 0.354 e. The number of hydrogen-bond donors (Lipinski definition) is 1. The van der Waals surface area contributed by atoms with Crippen molar-refractivity contribution in [1.82, 2.24) is 5.32 Å². The number of carbonyl (C=O) groups excluding carboxylic acids is 2. The number of carbonyl (C=O) groups is 2. The fourth-order valence-corrected chi connectivity index (χ4v) is 2.35. The predicted molar refractivity (Wildman–Crippen MR) is 76.9 cm³/mol. The van der Waals surface area contributed by atoms with Gasteiger partial charge in [-0.05, 0) is 12.3 Å². The third-order valence-corrected chi connectivity index (χ3v) is 3.56. The van der Waals surface area contributed by atoms with Crippen LogP contribution in [0.25, 0.3) is 0 Å². The van der Waals surface area contributed by atoms with Gasteiger partial charge in [-0.15, -0.1) is 0 Å². The zero-order chi connectivity index (χ0) is 14.8. The Morgan fingerprint density at radius 3 is 2.21 bits per heavy atom. The normalized spacial score (nSPS) is 12.8. The molecule has 0 aromatic heterocycles. The first-order chi connectivity index (χ1) is 8.90. The number of thioether (sulfide) groups is 1. The Labute approximate surface area is 119 Å².